The van der Waals surface area contributed by atoms with Gasteiger partial charge in [-0.15, -0.1) is 10.2 Å². The Morgan fingerprint density at radius 2 is 2.24 bits per heavy atom. The van der Waals surface area contributed by atoms with Crippen molar-refractivity contribution in [2.24, 2.45) is 0 Å². The van der Waals surface area contributed by atoms with Gasteiger partial charge in [0.1, 0.15) is 11.3 Å². The van der Waals surface area contributed by atoms with Crippen LogP contribution in [0.4, 0.5) is 5.13 Å². The van der Waals surface area contributed by atoms with E-state index in [0.29, 0.717) is 16.5 Å². The predicted octanol–water partition coefficient (Wildman–Crippen LogP) is 1.41. The molecule has 0 aliphatic heterocycles. The fourth-order valence-corrected chi connectivity index (χ4v) is 2.27. The van der Waals surface area contributed by atoms with Crippen molar-refractivity contribution < 1.29 is 0 Å². The third-order valence-corrected chi connectivity index (χ3v) is 3.02. The van der Waals surface area contributed by atoms with Gasteiger partial charge in [0.25, 0.3) is 5.56 Å². The molecule has 1 unspecified atom stereocenters. The van der Waals surface area contributed by atoms with Crippen molar-refractivity contribution in [2.45, 2.75) is 26.8 Å². The molecule has 7 heteroatoms. The minimum Gasteiger partial charge on any atom is -0.353 e. The highest BCUT2D eigenvalue weighted by atomic mass is 32.1. The standard InChI is InChI=1S/C10H13N5OS/c1-5-8(9(16)14-7(3)12-5)6(2)13-10-15-11-4-17-10/h4,6H,1-3H3,(H,13,15)(H,12,14,16). The van der Waals surface area contributed by atoms with Crippen LogP contribution < -0.4 is 10.9 Å². The lowest BCUT2D eigenvalue weighted by atomic mass is 10.1. The number of rotatable bonds is 3. The first kappa shape index (κ1) is 11.7. The van der Waals surface area contributed by atoms with Crippen molar-refractivity contribution in [1.82, 2.24) is 20.2 Å². The second-order valence-electron chi connectivity index (χ2n) is 3.76. The van der Waals surface area contributed by atoms with Crippen molar-refractivity contribution >= 4 is 16.5 Å². The number of nitrogens with one attached hydrogen (secondary N) is 2. The quantitative estimate of drug-likeness (QED) is 0.861. The molecule has 0 bridgehead atoms. The molecule has 90 valence electrons. The molecule has 17 heavy (non-hydrogen) atoms. The summed E-state index contributed by atoms with van der Waals surface area (Å²) in [4.78, 5) is 18.8. The maximum Gasteiger partial charge on any atom is 0.256 e. The van der Waals surface area contributed by atoms with Gasteiger partial charge < -0.3 is 10.3 Å². The van der Waals surface area contributed by atoms with Gasteiger partial charge >= 0.3 is 0 Å². The number of H-pyrrole nitrogens is 1. The number of anilines is 1. The summed E-state index contributed by atoms with van der Waals surface area (Å²) in [5.74, 6) is 0.624. The van der Waals surface area contributed by atoms with Crippen molar-refractivity contribution in [2.75, 3.05) is 5.32 Å². The molecule has 2 heterocycles. The van der Waals surface area contributed by atoms with Gasteiger partial charge in [-0.1, -0.05) is 11.3 Å². The zero-order valence-electron chi connectivity index (χ0n) is 9.81. The van der Waals surface area contributed by atoms with E-state index >= 15 is 0 Å². The van der Waals surface area contributed by atoms with E-state index in [9.17, 15) is 4.79 Å². The van der Waals surface area contributed by atoms with E-state index in [1.807, 2.05) is 13.8 Å². The Kier molecular flexibility index (Phi) is 3.19. The van der Waals surface area contributed by atoms with Crippen LogP contribution in [0, 0.1) is 13.8 Å². The molecule has 0 amide bonds. The summed E-state index contributed by atoms with van der Waals surface area (Å²) in [6.45, 7) is 5.49. The molecule has 0 spiro atoms. The van der Waals surface area contributed by atoms with Crippen LogP contribution in [0.15, 0.2) is 10.3 Å². The lowest BCUT2D eigenvalue weighted by Gasteiger charge is -2.14. The molecule has 2 aromatic rings. The van der Waals surface area contributed by atoms with Crippen molar-refractivity contribution in [3.63, 3.8) is 0 Å². The first-order valence-corrected chi connectivity index (χ1v) is 6.06. The van der Waals surface area contributed by atoms with Gasteiger partial charge in [0, 0.05) is 0 Å². The van der Waals surface area contributed by atoms with Crippen LogP contribution in [-0.4, -0.2) is 20.2 Å². The Labute approximate surface area is 102 Å². The zero-order valence-corrected chi connectivity index (χ0v) is 10.6. The van der Waals surface area contributed by atoms with Gasteiger partial charge in [-0.3, -0.25) is 4.79 Å². The fraction of sp³-hybridized carbons (Fsp3) is 0.400. The van der Waals surface area contributed by atoms with Gasteiger partial charge in [-0.05, 0) is 20.8 Å². The van der Waals surface area contributed by atoms with E-state index in [1.54, 1.807) is 12.4 Å². The Morgan fingerprint density at radius 1 is 1.47 bits per heavy atom. The van der Waals surface area contributed by atoms with Gasteiger partial charge in [0.2, 0.25) is 5.13 Å². The fourth-order valence-electron chi connectivity index (χ4n) is 1.74. The van der Waals surface area contributed by atoms with Crippen molar-refractivity contribution in [3.05, 3.63) is 32.9 Å². The van der Waals surface area contributed by atoms with E-state index in [0.717, 1.165) is 5.69 Å². The lowest BCUT2D eigenvalue weighted by Crippen LogP contribution is -2.23. The van der Waals surface area contributed by atoms with E-state index in [2.05, 4.69) is 25.5 Å². The predicted molar refractivity (Wildman–Crippen MR) is 66.3 cm³/mol. The van der Waals surface area contributed by atoms with Crippen LogP contribution in [0.25, 0.3) is 0 Å². The first-order chi connectivity index (χ1) is 8.08. The highest BCUT2D eigenvalue weighted by Gasteiger charge is 2.15. The van der Waals surface area contributed by atoms with E-state index in [-0.39, 0.29) is 11.6 Å². The normalized spacial score (nSPS) is 12.4. The number of aromatic nitrogens is 4. The van der Waals surface area contributed by atoms with Gasteiger partial charge in [-0.2, -0.15) is 0 Å². The lowest BCUT2D eigenvalue weighted by molar-refractivity contribution is 0.809. The zero-order chi connectivity index (χ0) is 12.4. The van der Waals surface area contributed by atoms with E-state index in [1.165, 1.54) is 11.3 Å². The Hall–Kier alpha value is -1.76. The highest BCUT2D eigenvalue weighted by Crippen LogP contribution is 2.18. The second-order valence-corrected chi connectivity index (χ2v) is 4.59. The summed E-state index contributed by atoms with van der Waals surface area (Å²) in [5.41, 5.74) is 2.89. The summed E-state index contributed by atoms with van der Waals surface area (Å²) in [7, 11) is 0. The molecule has 1 atom stereocenters. The van der Waals surface area contributed by atoms with Crippen LogP contribution in [-0.2, 0) is 0 Å². The molecular weight excluding hydrogens is 238 g/mol. The summed E-state index contributed by atoms with van der Waals surface area (Å²) < 4.78 is 0. The number of nitrogens with zero attached hydrogens (tertiary/aromatic N) is 3. The Balaban J connectivity index is 2.31. The molecule has 6 nitrogen and oxygen atoms in total. The summed E-state index contributed by atoms with van der Waals surface area (Å²) >= 11 is 1.39. The molecule has 0 saturated heterocycles. The monoisotopic (exact) mass is 251 g/mol. The Morgan fingerprint density at radius 3 is 2.82 bits per heavy atom. The molecule has 2 aromatic heterocycles. The molecule has 0 aliphatic rings. The van der Waals surface area contributed by atoms with E-state index < -0.39 is 0 Å². The smallest absolute Gasteiger partial charge is 0.256 e. The second kappa shape index (κ2) is 4.62. The topological polar surface area (TPSA) is 83.6 Å². The Bertz CT molecular complexity index is 563. The number of aryl methyl sites for hydroxylation is 2. The first-order valence-electron chi connectivity index (χ1n) is 5.18. The third-order valence-electron chi connectivity index (χ3n) is 2.40. The summed E-state index contributed by atoms with van der Waals surface area (Å²) in [5, 5.41) is 11.4. The number of hydrogen-bond donors (Lipinski definition) is 2. The maximum atomic E-state index is 11.9. The van der Waals surface area contributed by atoms with Gasteiger partial charge in [0.05, 0.1) is 17.3 Å². The summed E-state index contributed by atoms with van der Waals surface area (Å²) in [6.07, 6.45) is 0. The van der Waals surface area contributed by atoms with Crippen LogP contribution >= 0.6 is 11.3 Å². The number of aromatic amines is 1. The molecule has 0 saturated carbocycles. The van der Waals surface area contributed by atoms with Crippen LogP contribution in [0.5, 0.6) is 0 Å². The average molecular weight is 251 g/mol. The summed E-state index contributed by atoms with van der Waals surface area (Å²) in [6, 6.07) is -0.153. The van der Waals surface area contributed by atoms with Crippen LogP contribution in [0.2, 0.25) is 0 Å². The van der Waals surface area contributed by atoms with Gasteiger partial charge in [-0.25, -0.2) is 4.98 Å². The van der Waals surface area contributed by atoms with Gasteiger partial charge in [0.15, 0.2) is 0 Å². The minimum absolute atomic E-state index is 0.112. The maximum absolute atomic E-state index is 11.9. The minimum atomic E-state index is -0.153. The highest BCUT2D eigenvalue weighted by molar-refractivity contribution is 7.13. The molecule has 0 aromatic carbocycles. The van der Waals surface area contributed by atoms with Crippen LogP contribution in [0.3, 0.4) is 0 Å². The average Bonchev–Trinajstić information content (AvgIpc) is 2.68. The van der Waals surface area contributed by atoms with Crippen molar-refractivity contribution in [3.8, 4) is 0 Å². The SMILES string of the molecule is Cc1nc(C)c(C(C)Nc2nncs2)c(=O)[nH]1. The van der Waals surface area contributed by atoms with E-state index in [4.69, 9.17) is 0 Å². The molecule has 2 N–H and O–H groups in total. The number of hydrogen-bond acceptors (Lipinski definition) is 6. The largest absolute Gasteiger partial charge is 0.353 e. The molecule has 0 fully saturated rings. The molecule has 0 radical (unpaired) electrons. The molecular formula is C10H13N5OS. The molecule has 0 aliphatic carbocycles. The van der Waals surface area contributed by atoms with Crippen LogP contribution in [0.1, 0.15) is 30.0 Å². The third kappa shape index (κ3) is 2.50. The van der Waals surface area contributed by atoms with Crippen molar-refractivity contribution in [1.29, 1.82) is 0 Å². The molecule has 2 rings (SSSR count).